The van der Waals surface area contributed by atoms with Gasteiger partial charge < -0.3 is 9.47 Å². The molecule has 4 heteroatoms. The van der Waals surface area contributed by atoms with Crippen LogP contribution in [0.25, 0.3) is 10.6 Å². The molecule has 2 heterocycles. The minimum Gasteiger partial charge on any atom is -0.491 e. The first-order chi connectivity index (χ1) is 12.6. The van der Waals surface area contributed by atoms with Crippen molar-refractivity contribution in [3.63, 3.8) is 0 Å². The highest BCUT2D eigenvalue weighted by Gasteiger charge is 2.00. The molecular weight excluding hydrogens is 342 g/mol. The lowest BCUT2D eigenvalue weighted by Crippen LogP contribution is -2.04. The maximum atomic E-state index is 5.50. The molecular formula is C22H27NO2S. The normalized spacial score (nSPS) is 10.2. The van der Waals surface area contributed by atoms with Crippen LogP contribution in [0.15, 0.2) is 54.7 Å². The van der Waals surface area contributed by atoms with Crippen molar-refractivity contribution >= 4 is 11.3 Å². The second kappa shape index (κ2) is 10.7. The minimum atomic E-state index is 0.613. The third-order valence-electron chi connectivity index (χ3n) is 3.91. The Hall–Kier alpha value is -2.17. The van der Waals surface area contributed by atoms with E-state index in [1.807, 2.05) is 30.5 Å². The van der Waals surface area contributed by atoms with Crippen molar-refractivity contribution in [2.75, 3.05) is 20.3 Å². The standard InChI is InChI=1S/C12H18O2.C10H9NS/c1-4-11-5-6-12(9-10(11)2)14-8-7-13-3;1-8-5-6-10(12-8)9-4-2-3-7-11-9/h5-6,9H,4,7-8H2,1-3H3;2-7H,1H3. The average Bonchev–Trinajstić information content (AvgIpc) is 3.10. The lowest BCUT2D eigenvalue weighted by Gasteiger charge is -2.08. The van der Waals surface area contributed by atoms with Crippen LogP contribution in [0.4, 0.5) is 0 Å². The number of methoxy groups -OCH3 is 1. The van der Waals surface area contributed by atoms with E-state index in [1.165, 1.54) is 20.9 Å². The van der Waals surface area contributed by atoms with Crippen LogP contribution in [0.2, 0.25) is 0 Å². The van der Waals surface area contributed by atoms with E-state index in [1.54, 1.807) is 18.4 Å². The Morgan fingerprint density at radius 1 is 1.00 bits per heavy atom. The van der Waals surface area contributed by atoms with E-state index < -0.39 is 0 Å². The highest BCUT2D eigenvalue weighted by atomic mass is 32.1. The molecule has 0 unspecified atom stereocenters. The molecule has 0 spiro atoms. The van der Waals surface area contributed by atoms with E-state index >= 15 is 0 Å². The van der Waals surface area contributed by atoms with Crippen molar-refractivity contribution in [1.29, 1.82) is 0 Å². The van der Waals surface area contributed by atoms with Gasteiger partial charge in [-0.1, -0.05) is 19.1 Å². The van der Waals surface area contributed by atoms with Crippen LogP contribution in [-0.2, 0) is 11.2 Å². The quantitative estimate of drug-likeness (QED) is 0.522. The van der Waals surface area contributed by atoms with Gasteiger partial charge in [-0.15, -0.1) is 11.3 Å². The van der Waals surface area contributed by atoms with Crippen molar-refractivity contribution in [1.82, 2.24) is 4.98 Å². The summed E-state index contributed by atoms with van der Waals surface area (Å²) in [5.74, 6) is 0.928. The monoisotopic (exact) mass is 369 g/mol. The zero-order valence-corrected chi connectivity index (χ0v) is 16.8. The van der Waals surface area contributed by atoms with E-state index in [2.05, 4.69) is 50.0 Å². The Balaban J connectivity index is 0.000000189. The number of aryl methyl sites for hydroxylation is 3. The van der Waals surface area contributed by atoms with Crippen molar-refractivity contribution in [2.45, 2.75) is 27.2 Å². The smallest absolute Gasteiger partial charge is 0.119 e. The second-order valence-electron chi connectivity index (χ2n) is 5.91. The summed E-state index contributed by atoms with van der Waals surface area (Å²) in [4.78, 5) is 6.85. The molecule has 0 aliphatic heterocycles. The molecule has 0 aliphatic rings. The molecule has 0 saturated carbocycles. The average molecular weight is 370 g/mol. The first-order valence-corrected chi connectivity index (χ1v) is 9.64. The summed E-state index contributed by atoms with van der Waals surface area (Å²) < 4.78 is 10.4. The Bertz CT molecular complexity index is 784. The number of nitrogens with zero attached hydrogens (tertiary/aromatic N) is 1. The molecule has 0 amide bonds. The fourth-order valence-corrected chi connectivity index (χ4v) is 3.32. The Morgan fingerprint density at radius 3 is 2.42 bits per heavy atom. The molecule has 138 valence electrons. The largest absolute Gasteiger partial charge is 0.491 e. The van der Waals surface area contributed by atoms with E-state index in [4.69, 9.17) is 9.47 Å². The fourth-order valence-electron chi connectivity index (χ4n) is 2.48. The molecule has 0 fully saturated rings. The fraction of sp³-hybridized carbons (Fsp3) is 0.318. The van der Waals surface area contributed by atoms with Crippen molar-refractivity contribution < 1.29 is 9.47 Å². The summed E-state index contributed by atoms with van der Waals surface area (Å²) in [6.07, 6.45) is 2.90. The molecule has 3 nitrogen and oxygen atoms in total. The number of benzene rings is 1. The van der Waals surface area contributed by atoms with Gasteiger partial charge in [-0.2, -0.15) is 0 Å². The third-order valence-corrected chi connectivity index (χ3v) is 4.93. The van der Waals surface area contributed by atoms with Crippen LogP contribution < -0.4 is 4.74 Å². The van der Waals surface area contributed by atoms with E-state index in [-0.39, 0.29) is 0 Å². The van der Waals surface area contributed by atoms with Gasteiger partial charge >= 0.3 is 0 Å². The summed E-state index contributed by atoms with van der Waals surface area (Å²) in [5, 5.41) is 0. The van der Waals surface area contributed by atoms with Crippen LogP contribution in [0, 0.1) is 13.8 Å². The lowest BCUT2D eigenvalue weighted by molar-refractivity contribution is 0.146. The van der Waals surface area contributed by atoms with Gasteiger partial charge in [0.1, 0.15) is 12.4 Å². The second-order valence-corrected chi connectivity index (χ2v) is 7.20. The van der Waals surface area contributed by atoms with Crippen molar-refractivity contribution in [3.8, 4) is 16.3 Å². The molecule has 26 heavy (non-hydrogen) atoms. The molecule has 3 aromatic rings. The number of hydrogen-bond donors (Lipinski definition) is 0. The van der Waals surface area contributed by atoms with Gasteiger partial charge in [-0.25, -0.2) is 0 Å². The maximum Gasteiger partial charge on any atom is 0.119 e. The lowest BCUT2D eigenvalue weighted by atomic mass is 10.1. The van der Waals surface area contributed by atoms with Crippen LogP contribution in [0.5, 0.6) is 5.75 Å². The van der Waals surface area contributed by atoms with Gasteiger partial charge in [0.05, 0.1) is 17.2 Å². The Labute approximate surface area is 160 Å². The van der Waals surface area contributed by atoms with Crippen molar-refractivity contribution in [2.24, 2.45) is 0 Å². The van der Waals surface area contributed by atoms with Crippen molar-refractivity contribution in [3.05, 3.63) is 70.7 Å². The van der Waals surface area contributed by atoms with Gasteiger partial charge in [0.15, 0.2) is 0 Å². The number of rotatable bonds is 6. The first kappa shape index (κ1) is 20.1. The third kappa shape index (κ3) is 6.28. The SMILES string of the molecule is CCc1ccc(OCCOC)cc1C.Cc1ccc(-c2ccccn2)s1. The van der Waals surface area contributed by atoms with Crippen LogP contribution in [-0.4, -0.2) is 25.3 Å². The Kier molecular flexibility index (Phi) is 8.32. The predicted molar refractivity (Wildman–Crippen MR) is 110 cm³/mol. The van der Waals surface area contributed by atoms with Gasteiger partial charge in [0.25, 0.3) is 0 Å². The summed E-state index contributed by atoms with van der Waals surface area (Å²) in [6, 6.07) is 16.4. The Morgan fingerprint density at radius 2 is 1.85 bits per heavy atom. The van der Waals surface area contributed by atoms with E-state index in [9.17, 15) is 0 Å². The minimum absolute atomic E-state index is 0.613. The maximum absolute atomic E-state index is 5.50. The number of aromatic nitrogens is 1. The molecule has 0 atom stereocenters. The zero-order chi connectivity index (χ0) is 18.8. The number of ether oxygens (including phenoxy) is 2. The van der Waals surface area contributed by atoms with Crippen LogP contribution in [0.3, 0.4) is 0 Å². The molecule has 1 aromatic carbocycles. The highest BCUT2D eigenvalue weighted by Crippen LogP contribution is 2.25. The van der Waals surface area contributed by atoms with Crippen LogP contribution >= 0.6 is 11.3 Å². The summed E-state index contributed by atoms with van der Waals surface area (Å²) in [6.45, 7) is 7.63. The molecule has 2 aromatic heterocycles. The number of hydrogen-bond acceptors (Lipinski definition) is 4. The van der Waals surface area contributed by atoms with Gasteiger partial charge in [0.2, 0.25) is 0 Å². The molecule has 0 radical (unpaired) electrons. The zero-order valence-electron chi connectivity index (χ0n) is 16.0. The van der Waals surface area contributed by atoms with E-state index in [0.717, 1.165) is 17.9 Å². The first-order valence-electron chi connectivity index (χ1n) is 8.83. The highest BCUT2D eigenvalue weighted by molar-refractivity contribution is 7.15. The van der Waals surface area contributed by atoms with Gasteiger partial charge in [-0.3, -0.25) is 4.98 Å². The summed E-state index contributed by atoms with van der Waals surface area (Å²) in [5.41, 5.74) is 3.74. The predicted octanol–water partition coefficient (Wildman–Crippen LogP) is 5.70. The van der Waals surface area contributed by atoms with Crippen LogP contribution in [0.1, 0.15) is 22.9 Å². The summed E-state index contributed by atoms with van der Waals surface area (Å²) >= 11 is 1.78. The van der Waals surface area contributed by atoms with Gasteiger partial charge in [-0.05, 0) is 67.8 Å². The molecule has 0 aliphatic carbocycles. The molecule has 0 bridgehead atoms. The number of thiophene rings is 1. The summed E-state index contributed by atoms with van der Waals surface area (Å²) in [7, 11) is 1.68. The van der Waals surface area contributed by atoms with Gasteiger partial charge in [0, 0.05) is 18.2 Å². The van der Waals surface area contributed by atoms with E-state index in [0.29, 0.717) is 13.2 Å². The topological polar surface area (TPSA) is 31.4 Å². The molecule has 0 saturated heterocycles. The number of pyridine rings is 1. The molecule has 0 N–H and O–H groups in total. The molecule has 3 rings (SSSR count).